The number of nitrogens with one attached hydrogen (secondary N) is 1. The Labute approximate surface area is 118 Å². The lowest BCUT2D eigenvalue weighted by molar-refractivity contribution is 0.0979. The van der Waals surface area contributed by atoms with Gasteiger partial charge in [-0.1, -0.05) is 11.6 Å². The number of likely N-dealkylation sites (tertiary alicyclic amines) is 1. The summed E-state index contributed by atoms with van der Waals surface area (Å²) in [5.74, 6) is -0.378. The summed E-state index contributed by atoms with van der Waals surface area (Å²) in [6.45, 7) is 1.34. The van der Waals surface area contributed by atoms with E-state index in [1.165, 1.54) is 17.3 Å². The lowest BCUT2D eigenvalue weighted by atomic mass is 10.2. The molecule has 1 aliphatic heterocycles. The lowest BCUT2D eigenvalue weighted by Gasteiger charge is -2.29. The molecule has 6 nitrogen and oxygen atoms in total. The predicted octanol–water partition coefficient (Wildman–Crippen LogP) is 2.59. The minimum Gasteiger partial charge on any atom is -0.323 e. The number of hydrogen-bond donors (Lipinski definition) is 1. The lowest BCUT2D eigenvalue weighted by Crippen LogP contribution is -2.43. The second-order valence-electron chi connectivity index (χ2n) is 4.32. The quantitative estimate of drug-likeness (QED) is 0.863. The number of amides is 1. The Bertz CT molecular complexity index is 678. The van der Waals surface area contributed by atoms with Crippen LogP contribution in [0.2, 0.25) is 5.02 Å². The molecule has 20 heavy (non-hydrogen) atoms. The highest BCUT2D eigenvalue weighted by Gasteiger charge is 2.22. The van der Waals surface area contributed by atoms with Gasteiger partial charge in [0.2, 0.25) is 0 Å². The van der Waals surface area contributed by atoms with Gasteiger partial charge in [0, 0.05) is 18.1 Å². The maximum atomic E-state index is 13.7. The van der Waals surface area contributed by atoms with Crippen molar-refractivity contribution < 1.29 is 14.0 Å². The van der Waals surface area contributed by atoms with Gasteiger partial charge >= 0.3 is 6.09 Å². The van der Waals surface area contributed by atoms with E-state index in [1.807, 2.05) is 0 Å². The largest absolute Gasteiger partial charge is 0.434 e. The smallest absolute Gasteiger partial charge is 0.323 e. The zero-order chi connectivity index (χ0) is 14.1. The standard InChI is InChI=1S/C12H10ClFN4O2/c13-7-4-8-10(9(14)5-7)15-6-16-11(8)17-20-12(19)18-2-1-3-18/h4-6H,1-3H2,(H,15,16,17). The second kappa shape index (κ2) is 5.09. The fourth-order valence-electron chi connectivity index (χ4n) is 1.83. The molecular weight excluding hydrogens is 287 g/mol. The molecular formula is C12H10ClFN4O2. The fraction of sp³-hybridized carbons (Fsp3) is 0.250. The van der Waals surface area contributed by atoms with Gasteiger partial charge in [-0.05, 0) is 18.6 Å². The van der Waals surface area contributed by atoms with Crippen LogP contribution in [0, 0.1) is 5.82 Å². The van der Waals surface area contributed by atoms with Crippen LogP contribution in [-0.2, 0) is 4.84 Å². The number of halogens is 2. The summed E-state index contributed by atoms with van der Waals surface area (Å²) in [6, 6.07) is 2.66. The van der Waals surface area contributed by atoms with E-state index in [9.17, 15) is 9.18 Å². The Kier molecular flexibility index (Phi) is 3.27. The number of anilines is 1. The van der Waals surface area contributed by atoms with Crippen molar-refractivity contribution in [1.82, 2.24) is 14.9 Å². The molecule has 0 bridgehead atoms. The molecule has 2 heterocycles. The third-order valence-electron chi connectivity index (χ3n) is 3.01. The van der Waals surface area contributed by atoms with E-state index in [-0.39, 0.29) is 16.4 Å². The maximum absolute atomic E-state index is 13.7. The zero-order valence-corrected chi connectivity index (χ0v) is 11.0. The van der Waals surface area contributed by atoms with Crippen LogP contribution in [0.5, 0.6) is 0 Å². The minimum absolute atomic E-state index is 0.104. The van der Waals surface area contributed by atoms with Crippen LogP contribution < -0.4 is 5.48 Å². The van der Waals surface area contributed by atoms with Crippen LogP contribution in [-0.4, -0.2) is 34.1 Å². The first-order chi connectivity index (χ1) is 9.65. The van der Waals surface area contributed by atoms with Gasteiger partial charge in [0.25, 0.3) is 0 Å². The van der Waals surface area contributed by atoms with Crippen molar-refractivity contribution in [1.29, 1.82) is 0 Å². The van der Waals surface area contributed by atoms with Crippen molar-refractivity contribution in [2.45, 2.75) is 6.42 Å². The van der Waals surface area contributed by atoms with Crippen molar-refractivity contribution in [2.75, 3.05) is 18.6 Å². The van der Waals surface area contributed by atoms with E-state index in [0.717, 1.165) is 12.5 Å². The van der Waals surface area contributed by atoms with Gasteiger partial charge in [0.1, 0.15) is 11.8 Å². The molecule has 2 aromatic rings. The van der Waals surface area contributed by atoms with Crippen molar-refractivity contribution in [3.8, 4) is 0 Å². The van der Waals surface area contributed by atoms with Crippen LogP contribution >= 0.6 is 11.6 Å². The summed E-state index contributed by atoms with van der Waals surface area (Å²) in [7, 11) is 0. The van der Waals surface area contributed by atoms with Crippen molar-refractivity contribution in [2.24, 2.45) is 0 Å². The van der Waals surface area contributed by atoms with Crippen LogP contribution in [0.25, 0.3) is 10.9 Å². The second-order valence-corrected chi connectivity index (χ2v) is 4.75. The molecule has 3 rings (SSSR count). The summed E-state index contributed by atoms with van der Waals surface area (Å²) < 4.78 is 13.7. The topological polar surface area (TPSA) is 67.3 Å². The van der Waals surface area contributed by atoms with Gasteiger partial charge in [-0.15, -0.1) is 0 Å². The predicted molar refractivity (Wildman–Crippen MR) is 70.8 cm³/mol. The molecule has 1 amide bonds. The third-order valence-corrected chi connectivity index (χ3v) is 3.22. The maximum Gasteiger partial charge on any atom is 0.434 e. The van der Waals surface area contributed by atoms with Crippen molar-refractivity contribution in [3.05, 3.63) is 29.3 Å². The summed E-state index contributed by atoms with van der Waals surface area (Å²) in [5.41, 5.74) is 2.53. The number of carbonyl (C=O) groups is 1. The van der Waals surface area contributed by atoms with Gasteiger partial charge in [-0.3, -0.25) is 0 Å². The SMILES string of the molecule is O=C(ONc1ncnc2c(F)cc(Cl)cc12)N1CCC1. The number of nitrogens with zero attached hydrogens (tertiary/aromatic N) is 3. The molecule has 0 spiro atoms. The van der Waals surface area contributed by atoms with Gasteiger partial charge in [-0.2, -0.15) is 5.48 Å². The fourth-order valence-corrected chi connectivity index (χ4v) is 2.03. The average molecular weight is 297 g/mol. The Morgan fingerprint density at radius 2 is 2.20 bits per heavy atom. The molecule has 1 aromatic carbocycles. The monoisotopic (exact) mass is 296 g/mol. The van der Waals surface area contributed by atoms with E-state index in [0.29, 0.717) is 18.5 Å². The summed E-state index contributed by atoms with van der Waals surface area (Å²) in [4.78, 5) is 25.8. The highest BCUT2D eigenvalue weighted by atomic mass is 35.5. The molecule has 1 aliphatic rings. The molecule has 1 saturated heterocycles. The first kappa shape index (κ1) is 12.9. The van der Waals surface area contributed by atoms with Crippen molar-refractivity contribution in [3.63, 3.8) is 0 Å². The highest BCUT2D eigenvalue weighted by Crippen LogP contribution is 2.25. The first-order valence-corrected chi connectivity index (χ1v) is 6.34. The number of fused-ring (bicyclic) bond motifs is 1. The van der Waals surface area contributed by atoms with Gasteiger partial charge in [-0.25, -0.2) is 19.2 Å². The molecule has 0 atom stereocenters. The first-order valence-electron chi connectivity index (χ1n) is 5.96. The van der Waals surface area contributed by atoms with Gasteiger partial charge in [0.05, 0.1) is 5.39 Å². The third kappa shape index (κ3) is 2.32. The Morgan fingerprint density at radius 3 is 2.90 bits per heavy atom. The average Bonchev–Trinajstić information content (AvgIpc) is 2.34. The summed E-state index contributed by atoms with van der Waals surface area (Å²) in [5, 5.41) is 0.552. The van der Waals surface area contributed by atoms with E-state index in [2.05, 4.69) is 15.4 Å². The molecule has 1 fully saturated rings. The Morgan fingerprint density at radius 1 is 1.40 bits per heavy atom. The molecule has 0 saturated carbocycles. The molecule has 0 aliphatic carbocycles. The molecule has 0 unspecified atom stereocenters. The highest BCUT2D eigenvalue weighted by molar-refractivity contribution is 6.31. The minimum atomic E-state index is -0.563. The van der Waals surface area contributed by atoms with E-state index < -0.39 is 11.9 Å². The van der Waals surface area contributed by atoms with Crippen LogP contribution in [0.15, 0.2) is 18.5 Å². The van der Waals surface area contributed by atoms with Crippen LogP contribution in [0.1, 0.15) is 6.42 Å². The van der Waals surface area contributed by atoms with Crippen LogP contribution in [0.4, 0.5) is 15.0 Å². The molecule has 0 radical (unpaired) electrons. The molecule has 8 heteroatoms. The van der Waals surface area contributed by atoms with E-state index in [4.69, 9.17) is 16.4 Å². The van der Waals surface area contributed by atoms with E-state index >= 15 is 0 Å². The number of hydrogen-bond acceptors (Lipinski definition) is 5. The number of benzene rings is 1. The molecule has 104 valence electrons. The van der Waals surface area contributed by atoms with Gasteiger partial charge < -0.3 is 9.74 Å². The summed E-state index contributed by atoms with van der Waals surface area (Å²) in [6.07, 6.45) is 1.65. The Balaban J connectivity index is 1.85. The number of carbonyl (C=O) groups excluding carboxylic acids is 1. The van der Waals surface area contributed by atoms with Gasteiger partial charge in [0.15, 0.2) is 11.6 Å². The zero-order valence-electron chi connectivity index (χ0n) is 10.3. The number of aromatic nitrogens is 2. The molecule has 1 N–H and O–H groups in total. The summed E-state index contributed by atoms with van der Waals surface area (Å²) >= 11 is 5.80. The number of rotatable bonds is 2. The normalized spacial score (nSPS) is 14.0. The van der Waals surface area contributed by atoms with Crippen molar-refractivity contribution >= 4 is 34.4 Å². The Hall–Kier alpha value is -2.15. The van der Waals surface area contributed by atoms with Crippen LogP contribution in [0.3, 0.4) is 0 Å². The van der Waals surface area contributed by atoms with E-state index in [1.54, 1.807) is 0 Å². The molecule has 1 aromatic heterocycles.